The average molecular weight is 479 g/mol. The Hall–Kier alpha value is -1.80. The van der Waals surface area contributed by atoms with Crippen LogP contribution in [0.1, 0.15) is 12.5 Å². The molecule has 0 fully saturated rings. The van der Waals surface area contributed by atoms with E-state index in [1.54, 1.807) is 32.0 Å². The molecule has 0 radical (unpaired) electrons. The number of benzene rings is 2. The molecule has 1 amide bonds. The first-order valence-corrected chi connectivity index (χ1v) is 10.5. The number of alkyl halides is 1. The molecule has 2 N–H and O–H groups in total. The van der Waals surface area contributed by atoms with E-state index in [0.717, 1.165) is 4.90 Å². The van der Waals surface area contributed by atoms with Crippen molar-refractivity contribution in [3.63, 3.8) is 0 Å². The lowest BCUT2D eigenvalue weighted by atomic mass is 10.2. The van der Waals surface area contributed by atoms with Gasteiger partial charge in [-0.25, -0.2) is 4.79 Å². The Labute approximate surface area is 187 Å². The molecule has 10 heteroatoms. The molecule has 29 heavy (non-hydrogen) atoms. The number of nitrogens with one attached hydrogen (secondary N) is 1. The van der Waals surface area contributed by atoms with E-state index < -0.39 is 11.9 Å². The van der Waals surface area contributed by atoms with Gasteiger partial charge in [0.25, 0.3) is 0 Å². The Morgan fingerprint density at radius 1 is 1.14 bits per heavy atom. The number of rotatable bonds is 8. The van der Waals surface area contributed by atoms with Gasteiger partial charge in [-0.2, -0.15) is 0 Å². The van der Waals surface area contributed by atoms with Crippen LogP contribution in [-0.4, -0.2) is 36.1 Å². The van der Waals surface area contributed by atoms with Crippen LogP contribution in [0.5, 0.6) is 11.5 Å². The van der Waals surface area contributed by atoms with Crippen LogP contribution >= 0.6 is 46.6 Å². The SMILES string of the molecule is CCOC(=O)COc1ccc(Sc2ccc(O)c(NC(=O)CCl)c2C)c(Cl)c1Cl. The Bertz CT molecular complexity index is 923. The highest BCUT2D eigenvalue weighted by atomic mass is 35.5. The summed E-state index contributed by atoms with van der Waals surface area (Å²) in [5, 5.41) is 13.0. The number of ether oxygens (including phenoxy) is 2. The van der Waals surface area contributed by atoms with Crippen molar-refractivity contribution in [2.45, 2.75) is 23.6 Å². The topological polar surface area (TPSA) is 84.9 Å². The third-order valence-corrected chi connectivity index (χ3v) is 6.10. The van der Waals surface area contributed by atoms with E-state index in [4.69, 9.17) is 44.3 Å². The van der Waals surface area contributed by atoms with Crippen LogP contribution in [0.15, 0.2) is 34.1 Å². The summed E-state index contributed by atoms with van der Waals surface area (Å²) < 4.78 is 10.2. The van der Waals surface area contributed by atoms with Crippen molar-refractivity contribution in [3.8, 4) is 11.5 Å². The molecule has 156 valence electrons. The molecule has 0 saturated carbocycles. The van der Waals surface area contributed by atoms with Crippen LogP contribution in [0.3, 0.4) is 0 Å². The van der Waals surface area contributed by atoms with E-state index in [1.165, 1.54) is 17.8 Å². The highest BCUT2D eigenvalue weighted by Gasteiger charge is 2.17. The monoisotopic (exact) mass is 477 g/mol. The molecule has 0 aliphatic carbocycles. The quantitative estimate of drug-likeness (QED) is 0.305. The number of esters is 1. The fourth-order valence-electron chi connectivity index (χ4n) is 2.28. The summed E-state index contributed by atoms with van der Waals surface area (Å²) in [6.07, 6.45) is 0. The van der Waals surface area contributed by atoms with Crippen molar-refractivity contribution in [3.05, 3.63) is 39.9 Å². The van der Waals surface area contributed by atoms with Crippen LogP contribution in [0, 0.1) is 6.92 Å². The standard InChI is InChI=1S/C19H18Cl3NO5S/c1-3-27-16(26)9-28-12-5-7-14(18(22)17(12)21)29-13-6-4-11(24)19(10(13)2)23-15(25)8-20/h4-7,24H,3,8-9H2,1-2H3,(H,23,25). The van der Waals surface area contributed by atoms with E-state index in [0.29, 0.717) is 10.5 Å². The molecular weight excluding hydrogens is 461 g/mol. The molecule has 2 rings (SSSR count). The van der Waals surface area contributed by atoms with Gasteiger partial charge in [-0.15, -0.1) is 11.6 Å². The molecule has 0 unspecified atom stereocenters. The second-order valence-electron chi connectivity index (χ2n) is 5.65. The number of hydrogen-bond donors (Lipinski definition) is 2. The zero-order chi connectivity index (χ0) is 21.6. The van der Waals surface area contributed by atoms with Gasteiger partial charge in [0.2, 0.25) is 5.91 Å². The lowest BCUT2D eigenvalue weighted by Crippen LogP contribution is -2.14. The van der Waals surface area contributed by atoms with Crippen molar-refractivity contribution in [2.24, 2.45) is 0 Å². The van der Waals surface area contributed by atoms with E-state index in [1.807, 2.05) is 0 Å². The molecular formula is C19H18Cl3NO5S. The highest BCUT2D eigenvalue weighted by Crippen LogP contribution is 2.44. The van der Waals surface area contributed by atoms with E-state index in [-0.39, 0.29) is 46.3 Å². The van der Waals surface area contributed by atoms with Gasteiger partial charge in [0.1, 0.15) is 22.4 Å². The minimum Gasteiger partial charge on any atom is -0.506 e. The van der Waals surface area contributed by atoms with Gasteiger partial charge in [-0.3, -0.25) is 4.79 Å². The Morgan fingerprint density at radius 3 is 2.48 bits per heavy atom. The summed E-state index contributed by atoms with van der Waals surface area (Å²) >= 11 is 19.5. The fraction of sp³-hybridized carbons (Fsp3) is 0.263. The first-order valence-electron chi connectivity index (χ1n) is 8.41. The van der Waals surface area contributed by atoms with Crippen LogP contribution in [0.2, 0.25) is 10.0 Å². The van der Waals surface area contributed by atoms with Crippen LogP contribution < -0.4 is 10.1 Å². The molecule has 2 aromatic carbocycles. The van der Waals surface area contributed by atoms with Gasteiger partial charge < -0.3 is 19.9 Å². The Balaban J connectivity index is 2.24. The smallest absolute Gasteiger partial charge is 0.344 e. The zero-order valence-electron chi connectivity index (χ0n) is 15.6. The first-order chi connectivity index (χ1) is 13.8. The van der Waals surface area contributed by atoms with Gasteiger partial charge in [0.15, 0.2) is 6.61 Å². The number of halogens is 3. The molecule has 0 heterocycles. The number of amides is 1. The number of anilines is 1. The van der Waals surface area contributed by atoms with Crippen molar-refractivity contribution < 1.29 is 24.2 Å². The van der Waals surface area contributed by atoms with Crippen molar-refractivity contribution >= 4 is 64.1 Å². The average Bonchev–Trinajstić information content (AvgIpc) is 2.70. The molecule has 0 aliphatic rings. The van der Waals surface area contributed by atoms with Gasteiger partial charge in [0, 0.05) is 9.79 Å². The molecule has 0 aliphatic heterocycles. The second-order valence-corrected chi connectivity index (χ2v) is 7.76. The summed E-state index contributed by atoms with van der Waals surface area (Å²) in [5.74, 6) is -0.991. The Kier molecular flexibility index (Phi) is 8.77. The van der Waals surface area contributed by atoms with Crippen molar-refractivity contribution in [1.29, 1.82) is 0 Å². The highest BCUT2D eigenvalue weighted by molar-refractivity contribution is 7.99. The number of aromatic hydroxyl groups is 1. The van der Waals surface area contributed by atoms with Crippen LogP contribution in [-0.2, 0) is 14.3 Å². The molecule has 6 nitrogen and oxygen atoms in total. The maximum atomic E-state index is 11.6. The normalized spacial score (nSPS) is 10.5. The van der Waals surface area contributed by atoms with Gasteiger partial charge in [-0.05, 0) is 43.7 Å². The maximum absolute atomic E-state index is 11.6. The predicted molar refractivity (Wildman–Crippen MR) is 115 cm³/mol. The zero-order valence-corrected chi connectivity index (χ0v) is 18.6. The lowest BCUT2D eigenvalue weighted by molar-refractivity contribution is -0.145. The summed E-state index contributed by atoms with van der Waals surface area (Å²) in [4.78, 5) is 24.4. The number of phenols is 1. The molecule has 0 aromatic heterocycles. The van der Waals surface area contributed by atoms with Gasteiger partial charge >= 0.3 is 5.97 Å². The maximum Gasteiger partial charge on any atom is 0.344 e. The van der Waals surface area contributed by atoms with Crippen molar-refractivity contribution in [2.75, 3.05) is 24.4 Å². The fourth-order valence-corrected chi connectivity index (χ4v) is 3.85. The first kappa shape index (κ1) is 23.5. The van der Waals surface area contributed by atoms with E-state index >= 15 is 0 Å². The number of hydrogen-bond acceptors (Lipinski definition) is 6. The summed E-state index contributed by atoms with van der Waals surface area (Å²) in [5.41, 5.74) is 0.917. The third kappa shape index (κ3) is 6.09. The summed E-state index contributed by atoms with van der Waals surface area (Å²) in [6.45, 7) is 3.42. The molecule has 0 spiro atoms. The predicted octanol–water partition coefficient (Wildman–Crippen LogP) is 5.28. The van der Waals surface area contributed by atoms with Gasteiger partial charge in [-0.1, -0.05) is 35.0 Å². The molecule has 0 bridgehead atoms. The van der Waals surface area contributed by atoms with E-state index in [2.05, 4.69) is 5.32 Å². The number of carbonyl (C=O) groups is 2. The van der Waals surface area contributed by atoms with E-state index in [9.17, 15) is 14.7 Å². The van der Waals surface area contributed by atoms with Gasteiger partial charge in [0.05, 0.1) is 17.3 Å². The van der Waals surface area contributed by atoms with Crippen molar-refractivity contribution in [1.82, 2.24) is 0 Å². The minimum absolute atomic E-state index is 0.0721. The number of carbonyl (C=O) groups excluding carboxylic acids is 2. The third-order valence-electron chi connectivity index (χ3n) is 3.66. The van der Waals surface area contributed by atoms with Crippen LogP contribution in [0.4, 0.5) is 5.69 Å². The number of phenolic OH excluding ortho intramolecular Hbond substituents is 1. The largest absolute Gasteiger partial charge is 0.506 e. The molecule has 2 aromatic rings. The Morgan fingerprint density at radius 2 is 1.83 bits per heavy atom. The molecule has 0 atom stereocenters. The minimum atomic E-state index is -0.510. The lowest BCUT2D eigenvalue weighted by Gasteiger charge is -2.15. The molecule has 0 saturated heterocycles. The summed E-state index contributed by atoms with van der Waals surface area (Å²) in [6, 6.07) is 6.46. The second kappa shape index (κ2) is 10.8. The van der Waals surface area contributed by atoms with Crippen LogP contribution in [0.25, 0.3) is 0 Å². The summed E-state index contributed by atoms with van der Waals surface area (Å²) in [7, 11) is 0.